The number of amides is 1. The van der Waals surface area contributed by atoms with Crippen LogP contribution in [0.5, 0.6) is 5.75 Å². The number of H-pyrrole nitrogens is 1. The molecule has 2 aliphatic rings. The summed E-state index contributed by atoms with van der Waals surface area (Å²) in [4.78, 5) is 19.1. The molecule has 7 rings (SSSR count). The lowest BCUT2D eigenvalue weighted by molar-refractivity contribution is -0.120. The molecule has 0 bridgehead atoms. The number of hydrogen-bond donors (Lipinski definition) is 3. The largest absolute Gasteiger partial charge is 0.490 e. The van der Waals surface area contributed by atoms with Crippen LogP contribution in [0.2, 0.25) is 0 Å². The number of primary sulfonamides is 1. The predicted octanol–water partition coefficient (Wildman–Crippen LogP) is 6.23. The second-order valence-electron chi connectivity index (χ2n) is 12.8. The summed E-state index contributed by atoms with van der Waals surface area (Å²) in [6.45, 7) is 1.24. The van der Waals surface area contributed by atoms with Crippen molar-refractivity contribution in [2.24, 2.45) is 11.1 Å². The number of anilines is 3. The van der Waals surface area contributed by atoms with Crippen molar-refractivity contribution in [1.82, 2.24) is 10.2 Å². The quantitative estimate of drug-likeness (QED) is 0.169. The highest BCUT2D eigenvalue weighted by Crippen LogP contribution is 2.40. The second-order valence-corrected chi connectivity index (χ2v) is 14.3. The molecule has 1 aromatic heterocycles. The van der Waals surface area contributed by atoms with Crippen molar-refractivity contribution in [3.8, 4) is 16.9 Å². The molecular formula is C37H40N6O4S. The number of fused-ring (bicyclic) bond motifs is 2. The van der Waals surface area contributed by atoms with E-state index in [0.717, 1.165) is 41.4 Å². The molecule has 11 heteroatoms. The average Bonchev–Trinajstić information content (AvgIpc) is 3.49. The number of rotatable bonds is 9. The summed E-state index contributed by atoms with van der Waals surface area (Å²) >= 11 is 0. The van der Waals surface area contributed by atoms with Gasteiger partial charge in [-0.15, -0.1) is 0 Å². The lowest BCUT2D eigenvalue weighted by Gasteiger charge is -2.40. The van der Waals surface area contributed by atoms with Crippen LogP contribution in [0.4, 0.5) is 17.2 Å². The second kappa shape index (κ2) is 13.3. The van der Waals surface area contributed by atoms with Gasteiger partial charge in [-0.1, -0.05) is 86.7 Å². The molecule has 0 spiro atoms. The van der Waals surface area contributed by atoms with Gasteiger partial charge in [0, 0.05) is 23.2 Å². The fraction of sp³-hybridized carbons (Fsp3) is 0.297. The Balaban J connectivity index is 1.29. The summed E-state index contributed by atoms with van der Waals surface area (Å²) in [6.07, 6.45) is 6.49. The van der Waals surface area contributed by atoms with Crippen LogP contribution in [0.15, 0.2) is 95.9 Å². The Morgan fingerprint density at radius 2 is 1.75 bits per heavy atom. The Hall–Kier alpha value is -4.87. The number of hydrogen-bond acceptors (Lipinski definition) is 7. The molecule has 4 aromatic carbocycles. The van der Waals surface area contributed by atoms with E-state index in [1.165, 1.54) is 25.3 Å². The van der Waals surface area contributed by atoms with Gasteiger partial charge in [0.2, 0.25) is 15.9 Å². The lowest BCUT2D eigenvalue weighted by Crippen LogP contribution is -2.52. The Morgan fingerprint density at radius 3 is 2.54 bits per heavy atom. The number of aromatic nitrogens is 2. The number of aromatic amines is 1. The standard InChI is InChI=1S/C37H40N6O4S/c38-36-30-23-28(16-17-31(30)40-41-36)43(24-26-11-5-2-6-12-26)33(21-25-9-3-1-4-10-25)37(44)42-19-20-47-34-22-27(15-18-32(34)42)29-13-7-8-14-35(29)48(39,45)46/h2,5-8,11-18,22-23,25,33H,1,3-4,9-10,19-21,24H2,(H3,38,40,41)(H2,39,45,46). The molecule has 1 aliphatic carbocycles. The number of carbonyl (C=O) groups excluding carboxylic acids is 1. The van der Waals surface area contributed by atoms with Gasteiger partial charge in [-0.3, -0.25) is 9.89 Å². The first-order valence-corrected chi connectivity index (χ1v) is 18.1. The van der Waals surface area contributed by atoms with Gasteiger partial charge in [0.15, 0.2) is 5.82 Å². The zero-order valence-corrected chi connectivity index (χ0v) is 27.5. The molecule has 1 aliphatic heterocycles. The number of carbonyl (C=O) groups is 1. The summed E-state index contributed by atoms with van der Waals surface area (Å²) in [5.74, 6) is 1.36. The highest BCUT2D eigenvalue weighted by molar-refractivity contribution is 7.89. The van der Waals surface area contributed by atoms with Gasteiger partial charge >= 0.3 is 0 Å². The van der Waals surface area contributed by atoms with E-state index in [2.05, 4.69) is 27.2 Å². The van der Waals surface area contributed by atoms with Gasteiger partial charge in [-0.25, -0.2) is 13.6 Å². The first-order chi connectivity index (χ1) is 23.3. The topological polar surface area (TPSA) is 148 Å². The number of nitrogens with two attached hydrogens (primary N) is 2. The van der Waals surface area contributed by atoms with Gasteiger partial charge in [0.05, 0.1) is 22.6 Å². The normalized spacial score (nSPS) is 15.9. The van der Waals surface area contributed by atoms with E-state index >= 15 is 4.79 Å². The minimum atomic E-state index is -3.95. The maximum atomic E-state index is 15.1. The molecule has 1 amide bonds. The van der Waals surface area contributed by atoms with Crippen molar-refractivity contribution >= 4 is 44.0 Å². The molecule has 1 unspecified atom stereocenters. The zero-order valence-electron chi connectivity index (χ0n) is 26.7. The van der Waals surface area contributed by atoms with Crippen LogP contribution in [-0.4, -0.2) is 43.7 Å². The lowest BCUT2D eigenvalue weighted by atomic mass is 9.84. The molecule has 5 N–H and O–H groups in total. The number of nitrogens with one attached hydrogen (secondary N) is 1. The van der Waals surface area contributed by atoms with Gasteiger partial charge in [-0.2, -0.15) is 5.10 Å². The van der Waals surface area contributed by atoms with Crippen LogP contribution in [-0.2, 0) is 21.4 Å². The number of nitrogens with zero attached hydrogens (tertiary/aromatic N) is 3. The van der Waals surface area contributed by atoms with E-state index in [4.69, 9.17) is 15.6 Å². The fourth-order valence-electron chi connectivity index (χ4n) is 7.21. The van der Waals surface area contributed by atoms with Crippen LogP contribution >= 0.6 is 0 Å². The van der Waals surface area contributed by atoms with Gasteiger partial charge in [-0.05, 0) is 59.9 Å². The van der Waals surface area contributed by atoms with E-state index in [9.17, 15) is 8.42 Å². The minimum absolute atomic E-state index is 0.000923. The van der Waals surface area contributed by atoms with Crippen LogP contribution in [0.25, 0.3) is 22.0 Å². The molecule has 1 fully saturated rings. The third kappa shape index (κ3) is 6.48. The van der Waals surface area contributed by atoms with Crippen molar-refractivity contribution in [2.45, 2.75) is 56.0 Å². The van der Waals surface area contributed by atoms with E-state index in [-0.39, 0.29) is 10.8 Å². The van der Waals surface area contributed by atoms with Crippen molar-refractivity contribution in [3.63, 3.8) is 0 Å². The Labute approximate surface area is 280 Å². The van der Waals surface area contributed by atoms with Gasteiger partial charge in [0.1, 0.15) is 18.4 Å². The summed E-state index contributed by atoms with van der Waals surface area (Å²) in [6, 6.07) is 27.9. The highest BCUT2D eigenvalue weighted by atomic mass is 32.2. The van der Waals surface area contributed by atoms with Crippen LogP contribution in [0.3, 0.4) is 0 Å². The smallest absolute Gasteiger partial charge is 0.249 e. The summed E-state index contributed by atoms with van der Waals surface area (Å²) in [5.41, 5.74) is 10.9. The van der Waals surface area contributed by atoms with Crippen molar-refractivity contribution < 1.29 is 17.9 Å². The van der Waals surface area contributed by atoms with Crippen LogP contribution in [0.1, 0.15) is 44.1 Å². The molecular weight excluding hydrogens is 625 g/mol. The van der Waals surface area contributed by atoms with Crippen molar-refractivity contribution in [1.29, 1.82) is 0 Å². The Kier molecular flexibility index (Phi) is 8.81. The molecule has 1 saturated carbocycles. The van der Waals surface area contributed by atoms with E-state index in [0.29, 0.717) is 54.0 Å². The third-order valence-corrected chi connectivity index (χ3v) is 10.6. The van der Waals surface area contributed by atoms with Crippen molar-refractivity contribution in [3.05, 3.63) is 96.6 Å². The third-order valence-electron chi connectivity index (χ3n) is 9.64. The maximum Gasteiger partial charge on any atom is 0.249 e. The van der Waals surface area contributed by atoms with E-state index in [1.807, 2.05) is 53.4 Å². The van der Waals surface area contributed by atoms with Gasteiger partial charge < -0.3 is 20.3 Å². The molecule has 0 radical (unpaired) electrons. The first-order valence-electron chi connectivity index (χ1n) is 16.5. The monoisotopic (exact) mass is 664 g/mol. The first kappa shape index (κ1) is 31.7. The maximum absolute atomic E-state index is 15.1. The highest BCUT2D eigenvalue weighted by Gasteiger charge is 2.36. The van der Waals surface area contributed by atoms with Crippen molar-refractivity contribution in [2.75, 3.05) is 28.7 Å². The average molecular weight is 665 g/mol. The Bertz CT molecular complexity index is 2040. The zero-order chi connectivity index (χ0) is 33.3. The molecule has 5 aromatic rings. The summed E-state index contributed by atoms with van der Waals surface area (Å²) in [7, 11) is -3.95. The molecule has 2 heterocycles. The van der Waals surface area contributed by atoms with Crippen LogP contribution in [0, 0.1) is 5.92 Å². The number of benzene rings is 4. The SMILES string of the molecule is Nc1n[nH]c2ccc(N(Cc3ccccc3)C(CC3CCCCC3)C(=O)N3CCOc4cc(-c5ccccc5S(N)(=O)=O)ccc43)cc12. The number of sulfonamides is 1. The molecule has 10 nitrogen and oxygen atoms in total. The van der Waals surface area contributed by atoms with E-state index in [1.54, 1.807) is 24.3 Å². The summed E-state index contributed by atoms with van der Waals surface area (Å²) in [5, 5.41) is 13.6. The van der Waals surface area contributed by atoms with E-state index < -0.39 is 16.1 Å². The van der Waals surface area contributed by atoms with Crippen LogP contribution < -0.4 is 25.4 Å². The fourth-order valence-corrected chi connectivity index (χ4v) is 7.97. The number of nitrogen functional groups attached to an aromatic ring is 1. The van der Waals surface area contributed by atoms with Gasteiger partial charge in [0.25, 0.3) is 0 Å². The molecule has 248 valence electrons. The number of ether oxygens (including phenoxy) is 1. The minimum Gasteiger partial charge on any atom is -0.490 e. The predicted molar refractivity (Wildman–Crippen MR) is 189 cm³/mol. The molecule has 1 atom stereocenters. The molecule has 0 saturated heterocycles. The summed E-state index contributed by atoms with van der Waals surface area (Å²) < 4.78 is 30.8. The Morgan fingerprint density at radius 1 is 0.979 bits per heavy atom. The molecule has 48 heavy (non-hydrogen) atoms.